The molecule has 0 saturated carbocycles. The Kier molecular flexibility index (Phi) is 3.27. The molecule has 1 unspecified atom stereocenters. The molecule has 0 fully saturated rings. The Hall–Kier alpha value is -0.610. The minimum Gasteiger partial charge on any atom is -0.386 e. The minimum absolute atomic E-state index is 0.523. The normalized spacial score (nSPS) is 12.9. The number of hydrogen-bond acceptors (Lipinski definition) is 2. The molecular weight excluding hydrogens is 232 g/mol. The van der Waals surface area contributed by atoms with Crippen molar-refractivity contribution in [3.8, 4) is 0 Å². The fourth-order valence-electron chi connectivity index (χ4n) is 1.09. The van der Waals surface area contributed by atoms with Crippen LogP contribution in [-0.2, 0) is 7.05 Å². The summed E-state index contributed by atoms with van der Waals surface area (Å²) in [5, 5.41) is 13.9. The molecule has 0 amide bonds. The molecule has 0 aliphatic heterocycles. The number of halogens is 1. The van der Waals surface area contributed by atoms with Crippen LogP contribution in [0.2, 0.25) is 0 Å². The highest BCUT2D eigenvalue weighted by Gasteiger charge is 2.16. The van der Waals surface area contributed by atoms with Crippen molar-refractivity contribution in [1.82, 2.24) is 9.78 Å². The van der Waals surface area contributed by atoms with Crippen LogP contribution in [0.3, 0.4) is 0 Å². The second-order valence-electron chi connectivity index (χ2n) is 2.95. The van der Waals surface area contributed by atoms with Crippen LogP contribution in [-0.4, -0.2) is 14.9 Å². The first-order valence-electron chi connectivity index (χ1n) is 4.06. The summed E-state index contributed by atoms with van der Waals surface area (Å²) in [6.07, 6.45) is 1.64. The Morgan fingerprint density at radius 3 is 2.77 bits per heavy atom. The van der Waals surface area contributed by atoms with Gasteiger partial charge in [-0.25, -0.2) is 0 Å². The molecule has 0 saturated heterocycles. The van der Waals surface area contributed by atoms with Gasteiger partial charge in [-0.3, -0.25) is 4.68 Å². The van der Waals surface area contributed by atoms with E-state index in [1.54, 1.807) is 10.8 Å². The van der Waals surface area contributed by atoms with Crippen molar-refractivity contribution in [2.75, 3.05) is 0 Å². The van der Waals surface area contributed by atoms with Crippen molar-refractivity contribution in [1.29, 1.82) is 0 Å². The summed E-state index contributed by atoms with van der Waals surface area (Å²) in [5.41, 5.74) is 1.69. The fourth-order valence-corrected chi connectivity index (χ4v) is 1.69. The molecular formula is C9H13BrN2O. The highest BCUT2D eigenvalue weighted by Crippen LogP contribution is 2.27. The van der Waals surface area contributed by atoms with Gasteiger partial charge in [0.15, 0.2) is 0 Å². The molecule has 1 aromatic rings. The van der Waals surface area contributed by atoms with Gasteiger partial charge in [0.1, 0.15) is 11.8 Å². The van der Waals surface area contributed by atoms with E-state index in [4.69, 9.17) is 0 Å². The molecule has 0 bridgehead atoms. The predicted octanol–water partition coefficient (Wildman–Crippen LogP) is 2.10. The molecule has 1 rings (SSSR count). The maximum absolute atomic E-state index is 9.66. The van der Waals surface area contributed by atoms with Crippen molar-refractivity contribution in [2.45, 2.75) is 19.4 Å². The maximum atomic E-state index is 9.66. The quantitative estimate of drug-likeness (QED) is 0.828. The first-order chi connectivity index (χ1) is 6.07. The van der Waals surface area contributed by atoms with Crippen molar-refractivity contribution >= 4 is 15.9 Å². The third-order valence-electron chi connectivity index (χ3n) is 1.99. The molecule has 0 aliphatic carbocycles. The van der Waals surface area contributed by atoms with Crippen molar-refractivity contribution in [3.63, 3.8) is 0 Å². The van der Waals surface area contributed by atoms with Crippen LogP contribution in [0.1, 0.15) is 23.9 Å². The predicted molar refractivity (Wildman–Crippen MR) is 55.4 cm³/mol. The van der Waals surface area contributed by atoms with Crippen molar-refractivity contribution in [2.24, 2.45) is 7.05 Å². The van der Waals surface area contributed by atoms with E-state index in [1.165, 1.54) is 0 Å². The second kappa shape index (κ2) is 4.07. The standard InChI is InChI=1S/C9H13BrN2O/c1-4-5-7(13)9-8(10)6(2)12(3)11-9/h4,7,13H,1,5H2,2-3H3. The van der Waals surface area contributed by atoms with Gasteiger partial charge in [-0.1, -0.05) is 6.08 Å². The van der Waals surface area contributed by atoms with Crippen LogP contribution in [0, 0.1) is 6.92 Å². The van der Waals surface area contributed by atoms with Gasteiger partial charge in [-0.2, -0.15) is 5.10 Å². The fraction of sp³-hybridized carbons (Fsp3) is 0.444. The summed E-state index contributed by atoms with van der Waals surface area (Å²) in [7, 11) is 1.85. The van der Waals surface area contributed by atoms with E-state index in [0.717, 1.165) is 10.2 Å². The number of hydrogen-bond donors (Lipinski definition) is 1. The average Bonchev–Trinajstić information content (AvgIpc) is 2.33. The molecule has 3 nitrogen and oxygen atoms in total. The smallest absolute Gasteiger partial charge is 0.106 e. The van der Waals surface area contributed by atoms with Gasteiger partial charge in [-0.15, -0.1) is 6.58 Å². The van der Waals surface area contributed by atoms with E-state index in [9.17, 15) is 5.11 Å². The summed E-state index contributed by atoms with van der Waals surface area (Å²) < 4.78 is 2.62. The Labute approximate surface area is 86.2 Å². The van der Waals surface area contributed by atoms with Crippen molar-refractivity contribution < 1.29 is 5.11 Å². The molecule has 0 spiro atoms. The molecule has 0 aromatic carbocycles. The highest BCUT2D eigenvalue weighted by atomic mass is 79.9. The first kappa shape index (κ1) is 10.5. The van der Waals surface area contributed by atoms with Crippen molar-refractivity contribution in [3.05, 3.63) is 28.5 Å². The van der Waals surface area contributed by atoms with Crippen LogP contribution in [0.4, 0.5) is 0 Å². The largest absolute Gasteiger partial charge is 0.386 e. The number of aromatic nitrogens is 2. The zero-order valence-corrected chi connectivity index (χ0v) is 9.37. The lowest BCUT2D eigenvalue weighted by Gasteiger charge is -2.03. The summed E-state index contributed by atoms with van der Waals surface area (Å²) >= 11 is 3.39. The number of aliphatic hydroxyl groups is 1. The molecule has 1 N–H and O–H groups in total. The van der Waals surface area contributed by atoms with Gasteiger partial charge < -0.3 is 5.11 Å². The van der Waals surface area contributed by atoms with Crippen LogP contribution >= 0.6 is 15.9 Å². The van der Waals surface area contributed by atoms with E-state index < -0.39 is 6.10 Å². The van der Waals surface area contributed by atoms with E-state index in [-0.39, 0.29) is 0 Å². The van der Waals surface area contributed by atoms with Gasteiger partial charge in [0, 0.05) is 12.7 Å². The van der Waals surface area contributed by atoms with Gasteiger partial charge in [0.2, 0.25) is 0 Å². The molecule has 72 valence electrons. The van der Waals surface area contributed by atoms with Crippen LogP contribution in [0.5, 0.6) is 0 Å². The number of nitrogens with zero attached hydrogens (tertiary/aromatic N) is 2. The molecule has 0 aliphatic rings. The summed E-state index contributed by atoms with van der Waals surface area (Å²) in [6, 6.07) is 0. The Morgan fingerprint density at radius 1 is 1.77 bits per heavy atom. The van der Waals surface area contributed by atoms with Gasteiger partial charge in [-0.05, 0) is 29.3 Å². The lowest BCUT2D eigenvalue weighted by molar-refractivity contribution is 0.175. The van der Waals surface area contributed by atoms with Crippen LogP contribution < -0.4 is 0 Å². The van der Waals surface area contributed by atoms with Crippen LogP contribution in [0.15, 0.2) is 17.1 Å². The second-order valence-corrected chi connectivity index (χ2v) is 3.74. The summed E-state index contributed by atoms with van der Waals surface area (Å²) in [5.74, 6) is 0. The molecule has 13 heavy (non-hydrogen) atoms. The molecule has 1 atom stereocenters. The van der Waals surface area contributed by atoms with E-state index >= 15 is 0 Å². The Bertz CT molecular complexity index is 320. The van der Waals surface area contributed by atoms with E-state index in [0.29, 0.717) is 12.1 Å². The lowest BCUT2D eigenvalue weighted by Crippen LogP contribution is -1.99. The van der Waals surface area contributed by atoms with E-state index in [2.05, 4.69) is 27.6 Å². The maximum Gasteiger partial charge on any atom is 0.106 e. The lowest BCUT2D eigenvalue weighted by atomic mass is 10.2. The first-order valence-corrected chi connectivity index (χ1v) is 4.85. The monoisotopic (exact) mass is 244 g/mol. The molecule has 0 radical (unpaired) electrons. The molecule has 4 heteroatoms. The third-order valence-corrected chi connectivity index (χ3v) is 2.97. The van der Waals surface area contributed by atoms with Crippen LogP contribution in [0.25, 0.3) is 0 Å². The van der Waals surface area contributed by atoms with Gasteiger partial charge in [0.25, 0.3) is 0 Å². The zero-order chi connectivity index (χ0) is 10.0. The summed E-state index contributed by atoms with van der Waals surface area (Å²) in [6.45, 7) is 5.52. The topological polar surface area (TPSA) is 38.1 Å². The summed E-state index contributed by atoms with van der Waals surface area (Å²) in [4.78, 5) is 0. The minimum atomic E-state index is -0.563. The molecule has 1 aromatic heterocycles. The Morgan fingerprint density at radius 2 is 2.38 bits per heavy atom. The Balaban J connectivity index is 3.00. The number of aliphatic hydroxyl groups excluding tert-OH is 1. The van der Waals surface area contributed by atoms with Gasteiger partial charge >= 0.3 is 0 Å². The number of rotatable bonds is 3. The third kappa shape index (κ3) is 2.00. The number of aryl methyl sites for hydroxylation is 1. The average molecular weight is 245 g/mol. The van der Waals surface area contributed by atoms with E-state index in [1.807, 2.05) is 14.0 Å². The highest BCUT2D eigenvalue weighted by molar-refractivity contribution is 9.10. The molecule has 1 heterocycles. The zero-order valence-electron chi connectivity index (χ0n) is 7.79. The SMILES string of the molecule is C=CCC(O)c1nn(C)c(C)c1Br. The van der Waals surface area contributed by atoms with Gasteiger partial charge in [0.05, 0.1) is 4.47 Å².